The predicted molar refractivity (Wildman–Crippen MR) is 109 cm³/mol. The maximum atomic E-state index is 12.1. The van der Waals surface area contributed by atoms with Crippen LogP contribution in [0.2, 0.25) is 0 Å². The molecule has 1 amide bonds. The van der Waals surface area contributed by atoms with Gasteiger partial charge in [0.1, 0.15) is 0 Å². The number of carbonyl (C=O) groups is 1. The van der Waals surface area contributed by atoms with E-state index in [1.54, 1.807) is 36.1 Å². The summed E-state index contributed by atoms with van der Waals surface area (Å²) >= 11 is 1.16. The average molecular weight is 426 g/mol. The lowest BCUT2D eigenvalue weighted by Crippen LogP contribution is -2.17. The Labute approximate surface area is 173 Å². The van der Waals surface area contributed by atoms with Gasteiger partial charge in [0.15, 0.2) is 5.16 Å². The number of nitrogens with zero attached hydrogens (tertiary/aromatic N) is 5. The predicted octanol–water partition coefficient (Wildman–Crippen LogP) is 3.15. The second-order valence-electron chi connectivity index (χ2n) is 5.91. The molecule has 0 aliphatic rings. The summed E-state index contributed by atoms with van der Waals surface area (Å²) in [6, 6.07) is 9.70. The number of hydrogen-bond acceptors (Lipinski definition) is 8. The molecule has 2 aromatic carbocycles. The smallest absolute Gasteiger partial charge is 0.283 e. The van der Waals surface area contributed by atoms with Crippen molar-refractivity contribution < 1.29 is 14.6 Å². The van der Waals surface area contributed by atoms with E-state index in [1.807, 2.05) is 0 Å². The standard InChI is InChI=1S/C18H14N6O5S/c1-22-8-7-19-18(22)30-16-6-5-12(9-15(16)24(28)29)11-20-21-17(25)13-3-2-4-14(10-13)23(26)27/h2-11H,1H3,(H,21,25)/b20-11+. The van der Waals surface area contributed by atoms with Crippen molar-refractivity contribution in [2.75, 3.05) is 0 Å². The topological polar surface area (TPSA) is 146 Å². The van der Waals surface area contributed by atoms with Gasteiger partial charge in [-0.25, -0.2) is 10.4 Å². The monoisotopic (exact) mass is 426 g/mol. The summed E-state index contributed by atoms with van der Waals surface area (Å²) in [5.74, 6) is -0.647. The van der Waals surface area contributed by atoms with Crippen molar-refractivity contribution in [3.8, 4) is 0 Å². The zero-order valence-electron chi connectivity index (χ0n) is 15.5. The number of aromatic nitrogens is 2. The van der Waals surface area contributed by atoms with E-state index in [0.717, 1.165) is 17.8 Å². The Morgan fingerprint density at radius 1 is 1.20 bits per heavy atom. The van der Waals surface area contributed by atoms with Crippen LogP contribution in [0.15, 0.2) is 70.0 Å². The van der Waals surface area contributed by atoms with Gasteiger partial charge in [-0.15, -0.1) is 0 Å². The van der Waals surface area contributed by atoms with Gasteiger partial charge in [-0.1, -0.05) is 12.1 Å². The van der Waals surface area contributed by atoms with E-state index < -0.39 is 15.8 Å². The van der Waals surface area contributed by atoms with E-state index in [0.29, 0.717) is 15.6 Å². The summed E-state index contributed by atoms with van der Waals surface area (Å²) in [5, 5.41) is 26.6. The number of hydrogen-bond donors (Lipinski definition) is 1. The number of nitrogens with one attached hydrogen (secondary N) is 1. The summed E-state index contributed by atoms with van der Waals surface area (Å²) in [7, 11) is 1.78. The normalized spacial score (nSPS) is 10.8. The van der Waals surface area contributed by atoms with Crippen LogP contribution >= 0.6 is 11.8 Å². The van der Waals surface area contributed by atoms with Crippen LogP contribution < -0.4 is 5.43 Å². The molecule has 12 heteroatoms. The lowest BCUT2D eigenvalue weighted by atomic mass is 10.2. The fraction of sp³-hybridized carbons (Fsp3) is 0.0556. The molecule has 0 saturated carbocycles. The summed E-state index contributed by atoms with van der Waals surface area (Å²) in [6.45, 7) is 0. The molecule has 30 heavy (non-hydrogen) atoms. The highest BCUT2D eigenvalue weighted by molar-refractivity contribution is 7.99. The van der Waals surface area contributed by atoms with Crippen LogP contribution in [0.4, 0.5) is 11.4 Å². The molecule has 0 saturated heterocycles. The van der Waals surface area contributed by atoms with Crippen LogP contribution in [0.25, 0.3) is 0 Å². The SMILES string of the molecule is Cn1ccnc1Sc1ccc(/C=N/NC(=O)c2cccc([N+](=O)[O-])c2)cc1[N+](=O)[O-]. The van der Waals surface area contributed by atoms with E-state index in [4.69, 9.17) is 0 Å². The molecule has 152 valence electrons. The molecule has 3 aromatic rings. The van der Waals surface area contributed by atoms with Gasteiger partial charge in [-0.05, 0) is 23.9 Å². The van der Waals surface area contributed by atoms with Crippen LogP contribution in [0, 0.1) is 20.2 Å². The summed E-state index contributed by atoms with van der Waals surface area (Å²) in [5.41, 5.74) is 2.35. The molecule has 3 rings (SSSR count). The number of imidazole rings is 1. The van der Waals surface area contributed by atoms with E-state index in [9.17, 15) is 25.0 Å². The van der Waals surface area contributed by atoms with Gasteiger partial charge in [-0.3, -0.25) is 25.0 Å². The number of amides is 1. The minimum absolute atomic E-state index is 0.0640. The molecule has 0 spiro atoms. The highest BCUT2D eigenvalue weighted by Crippen LogP contribution is 2.34. The molecular weight excluding hydrogens is 412 g/mol. The number of rotatable bonds is 7. The van der Waals surface area contributed by atoms with Crippen LogP contribution in [-0.4, -0.2) is 31.5 Å². The van der Waals surface area contributed by atoms with Crippen molar-refractivity contribution in [3.63, 3.8) is 0 Å². The van der Waals surface area contributed by atoms with Crippen molar-refractivity contribution in [2.24, 2.45) is 12.1 Å². The van der Waals surface area contributed by atoms with Gasteiger partial charge < -0.3 is 4.57 Å². The zero-order valence-corrected chi connectivity index (χ0v) is 16.3. The Balaban J connectivity index is 1.74. The molecule has 0 fully saturated rings. The first-order valence-corrected chi connectivity index (χ1v) is 9.18. The van der Waals surface area contributed by atoms with Gasteiger partial charge in [0.25, 0.3) is 17.3 Å². The third-order valence-electron chi connectivity index (χ3n) is 3.86. The largest absolute Gasteiger partial charge is 0.329 e. The fourth-order valence-corrected chi connectivity index (χ4v) is 3.27. The summed E-state index contributed by atoms with van der Waals surface area (Å²) in [6.07, 6.45) is 4.58. The Morgan fingerprint density at radius 2 is 2.00 bits per heavy atom. The molecule has 11 nitrogen and oxygen atoms in total. The minimum atomic E-state index is -0.647. The second-order valence-corrected chi connectivity index (χ2v) is 6.92. The maximum absolute atomic E-state index is 12.1. The van der Waals surface area contributed by atoms with Crippen molar-refractivity contribution in [2.45, 2.75) is 10.1 Å². The molecule has 1 heterocycles. The van der Waals surface area contributed by atoms with Gasteiger partial charge in [0, 0.05) is 48.8 Å². The third kappa shape index (κ3) is 4.86. The lowest BCUT2D eigenvalue weighted by Gasteiger charge is -2.04. The molecule has 0 aliphatic heterocycles. The first-order chi connectivity index (χ1) is 14.3. The number of nitro benzene ring substituents is 2. The third-order valence-corrected chi connectivity index (χ3v) is 5.00. The fourth-order valence-electron chi connectivity index (χ4n) is 2.38. The van der Waals surface area contributed by atoms with Crippen molar-refractivity contribution in [1.29, 1.82) is 0 Å². The van der Waals surface area contributed by atoms with Crippen LogP contribution in [0.3, 0.4) is 0 Å². The minimum Gasteiger partial charge on any atom is -0.329 e. The average Bonchev–Trinajstić information content (AvgIpc) is 3.13. The van der Waals surface area contributed by atoms with Crippen molar-refractivity contribution in [1.82, 2.24) is 15.0 Å². The zero-order chi connectivity index (χ0) is 21.7. The number of aryl methyl sites for hydroxylation is 1. The van der Waals surface area contributed by atoms with Gasteiger partial charge in [0.05, 0.1) is 21.0 Å². The first-order valence-electron chi connectivity index (χ1n) is 8.36. The quantitative estimate of drug-likeness (QED) is 0.347. The van der Waals surface area contributed by atoms with Gasteiger partial charge in [-0.2, -0.15) is 5.10 Å². The number of carbonyl (C=O) groups excluding carboxylic acids is 1. The lowest BCUT2D eigenvalue weighted by molar-refractivity contribution is -0.387. The van der Waals surface area contributed by atoms with Crippen LogP contribution in [0.5, 0.6) is 0 Å². The Kier molecular flexibility index (Phi) is 6.17. The molecule has 0 unspecified atom stereocenters. The first kappa shape index (κ1) is 20.7. The van der Waals surface area contributed by atoms with Crippen LogP contribution in [0.1, 0.15) is 15.9 Å². The highest BCUT2D eigenvalue weighted by Gasteiger charge is 2.17. The number of nitro groups is 2. The molecular formula is C18H14N6O5S. The molecule has 0 radical (unpaired) electrons. The van der Waals surface area contributed by atoms with E-state index in [-0.39, 0.29) is 16.9 Å². The summed E-state index contributed by atoms with van der Waals surface area (Å²) in [4.78, 5) is 37.7. The second kappa shape index (κ2) is 8.96. The van der Waals surface area contributed by atoms with Gasteiger partial charge >= 0.3 is 0 Å². The molecule has 0 aliphatic carbocycles. The number of hydrazone groups is 1. The molecule has 0 bridgehead atoms. The van der Waals surface area contributed by atoms with Crippen molar-refractivity contribution >= 4 is 35.3 Å². The highest BCUT2D eigenvalue weighted by atomic mass is 32.2. The van der Waals surface area contributed by atoms with E-state index in [2.05, 4.69) is 15.5 Å². The van der Waals surface area contributed by atoms with Gasteiger partial charge in [0.2, 0.25) is 0 Å². The Bertz CT molecular complexity index is 1160. The molecule has 1 N–H and O–H groups in total. The van der Waals surface area contributed by atoms with E-state index >= 15 is 0 Å². The maximum Gasteiger partial charge on any atom is 0.283 e. The van der Waals surface area contributed by atoms with Crippen LogP contribution in [-0.2, 0) is 7.05 Å². The Morgan fingerprint density at radius 3 is 2.67 bits per heavy atom. The summed E-state index contributed by atoms with van der Waals surface area (Å²) < 4.78 is 1.74. The molecule has 0 atom stereocenters. The Hall–Kier alpha value is -4.06. The van der Waals surface area contributed by atoms with Crippen molar-refractivity contribution in [3.05, 3.63) is 86.2 Å². The molecule has 1 aromatic heterocycles. The number of non-ortho nitro benzene ring substituents is 1. The number of benzene rings is 2. The van der Waals surface area contributed by atoms with E-state index in [1.165, 1.54) is 30.5 Å².